The summed E-state index contributed by atoms with van der Waals surface area (Å²) in [4.78, 5) is 34.1. The Balaban J connectivity index is 1.56. The molecule has 2 fully saturated rings. The normalized spacial score (nSPS) is 21.1. The van der Waals surface area contributed by atoms with E-state index >= 15 is 0 Å². The summed E-state index contributed by atoms with van der Waals surface area (Å²) in [5.74, 6) is -1.52. The summed E-state index contributed by atoms with van der Waals surface area (Å²) in [6.45, 7) is 2.65. The lowest BCUT2D eigenvalue weighted by molar-refractivity contribution is -0.126. The summed E-state index contributed by atoms with van der Waals surface area (Å²) >= 11 is 0. The molecule has 36 heavy (non-hydrogen) atoms. The number of rotatable bonds is 8. The second kappa shape index (κ2) is 9.99. The van der Waals surface area contributed by atoms with Gasteiger partial charge in [0.2, 0.25) is 5.91 Å². The van der Waals surface area contributed by atoms with E-state index in [4.69, 9.17) is 14.3 Å². The number of ether oxygens (including phenoxy) is 2. The molecule has 186 valence electrons. The van der Waals surface area contributed by atoms with Gasteiger partial charge in [0.1, 0.15) is 11.7 Å². The highest BCUT2D eigenvalue weighted by Gasteiger charge is 2.60. The minimum Gasteiger partial charge on any atom is -0.493 e. The van der Waals surface area contributed by atoms with Gasteiger partial charge in [-0.25, -0.2) is 14.4 Å². The molecule has 0 bridgehead atoms. The minimum absolute atomic E-state index is 0.0761. The topological polar surface area (TPSA) is 68.3 Å². The van der Waals surface area contributed by atoms with Crippen molar-refractivity contribution in [2.45, 2.75) is 31.9 Å². The largest absolute Gasteiger partial charge is 0.493 e. The van der Waals surface area contributed by atoms with Crippen molar-refractivity contribution in [2.75, 3.05) is 23.7 Å². The van der Waals surface area contributed by atoms with E-state index in [1.165, 1.54) is 18.2 Å². The quantitative estimate of drug-likeness (QED) is 0.325. The lowest BCUT2D eigenvalue weighted by Gasteiger charge is -2.29. The number of hydroxylamine groups is 1. The molecule has 2 aliphatic heterocycles. The van der Waals surface area contributed by atoms with Crippen molar-refractivity contribution in [1.29, 1.82) is 0 Å². The highest BCUT2D eigenvalue weighted by molar-refractivity contribution is 6.24. The van der Waals surface area contributed by atoms with Gasteiger partial charge in [0.05, 0.1) is 31.1 Å². The Kier molecular flexibility index (Phi) is 6.61. The highest BCUT2D eigenvalue weighted by atomic mass is 19.1. The van der Waals surface area contributed by atoms with Crippen LogP contribution in [-0.2, 0) is 14.4 Å². The van der Waals surface area contributed by atoms with Crippen LogP contribution in [0.2, 0.25) is 0 Å². The molecular formula is C28H27FN2O5. The third kappa shape index (κ3) is 4.07. The first kappa shape index (κ1) is 23.8. The number of carbonyl (C=O) groups excluding carboxylic acids is 2. The molecule has 2 aliphatic rings. The van der Waals surface area contributed by atoms with E-state index in [0.717, 1.165) is 17.7 Å². The number of nitrogens with zero attached hydrogens (tertiary/aromatic N) is 2. The summed E-state index contributed by atoms with van der Waals surface area (Å²) in [6.07, 6.45) is 0.827. The SMILES string of the molecule is CCCCOc1ccc([C@@H]2[C@@H]3C(=O)N(c4ccccc4F)C(=O)[C@H]3ON2c2ccccc2)cc1OC. The fraction of sp³-hybridized carbons (Fsp3) is 0.286. The first-order valence-electron chi connectivity index (χ1n) is 12.0. The van der Waals surface area contributed by atoms with Gasteiger partial charge in [-0.15, -0.1) is 0 Å². The van der Waals surface area contributed by atoms with Crippen molar-refractivity contribution >= 4 is 23.2 Å². The van der Waals surface area contributed by atoms with Crippen LogP contribution >= 0.6 is 0 Å². The maximum absolute atomic E-state index is 14.6. The Morgan fingerprint density at radius 1 is 0.944 bits per heavy atom. The average molecular weight is 491 g/mol. The number of benzene rings is 3. The lowest BCUT2D eigenvalue weighted by Crippen LogP contribution is -2.37. The van der Waals surface area contributed by atoms with Crippen molar-refractivity contribution in [2.24, 2.45) is 5.92 Å². The van der Waals surface area contributed by atoms with Crippen LogP contribution in [0.3, 0.4) is 0 Å². The first-order valence-corrected chi connectivity index (χ1v) is 12.0. The molecule has 2 amide bonds. The number of anilines is 2. The van der Waals surface area contributed by atoms with Crippen molar-refractivity contribution in [1.82, 2.24) is 0 Å². The van der Waals surface area contributed by atoms with Crippen molar-refractivity contribution in [3.05, 3.63) is 84.2 Å². The molecule has 2 saturated heterocycles. The van der Waals surface area contributed by atoms with E-state index < -0.39 is 35.7 Å². The summed E-state index contributed by atoms with van der Waals surface area (Å²) in [5.41, 5.74) is 1.33. The van der Waals surface area contributed by atoms with Gasteiger partial charge in [-0.1, -0.05) is 49.7 Å². The number of unbranched alkanes of at least 4 members (excludes halogenated alkanes) is 1. The number of para-hydroxylation sites is 2. The zero-order valence-electron chi connectivity index (χ0n) is 20.1. The molecule has 7 nitrogen and oxygen atoms in total. The molecule has 0 saturated carbocycles. The van der Waals surface area contributed by atoms with Gasteiger partial charge in [-0.05, 0) is 48.4 Å². The van der Waals surface area contributed by atoms with Crippen molar-refractivity contribution in [3.8, 4) is 11.5 Å². The number of halogens is 1. The van der Waals surface area contributed by atoms with E-state index in [1.807, 2.05) is 36.4 Å². The molecule has 3 aromatic rings. The number of hydrogen-bond donors (Lipinski definition) is 0. The van der Waals surface area contributed by atoms with Crippen LogP contribution in [0.25, 0.3) is 0 Å². The standard InChI is InChI=1S/C28H27FN2O5/c1-3-4-16-35-22-15-14-18(17-23(22)34-2)25-24-26(36-31(25)19-10-6-5-7-11-19)28(33)30(27(24)32)21-13-9-8-12-20(21)29/h5-15,17,24-26H,3-4,16H2,1-2H3/t24-,25+,26-/m0/s1. The van der Waals surface area contributed by atoms with Gasteiger partial charge < -0.3 is 9.47 Å². The van der Waals surface area contributed by atoms with Crippen LogP contribution < -0.4 is 19.4 Å². The monoisotopic (exact) mass is 490 g/mol. The molecule has 0 aromatic heterocycles. The smallest absolute Gasteiger partial charge is 0.266 e. The summed E-state index contributed by atoms with van der Waals surface area (Å²) < 4.78 is 26.0. The van der Waals surface area contributed by atoms with Crippen LogP contribution in [0.15, 0.2) is 72.8 Å². The second-order valence-corrected chi connectivity index (χ2v) is 8.73. The molecular weight excluding hydrogens is 463 g/mol. The van der Waals surface area contributed by atoms with Crippen molar-refractivity contribution < 1.29 is 28.3 Å². The molecule has 0 N–H and O–H groups in total. The summed E-state index contributed by atoms with van der Waals surface area (Å²) in [5, 5.41) is 1.59. The predicted octanol–water partition coefficient (Wildman–Crippen LogP) is 5.06. The molecule has 3 aromatic carbocycles. The van der Waals surface area contributed by atoms with Crippen LogP contribution in [-0.4, -0.2) is 31.6 Å². The highest BCUT2D eigenvalue weighted by Crippen LogP contribution is 2.48. The lowest BCUT2D eigenvalue weighted by atomic mass is 9.90. The molecule has 3 atom stereocenters. The van der Waals surface area contributed by atoms with E-state index in [2.05, 4.69) is 6.92 Å². The van der Waals surface area contributed by atoms with Crippen LogP contribution in [0.5, 0.6) is 11.5 Å². The Hall–Kier alpha value is -3.91. The number of carbonyl (C=O) groups is 2. The van der Waals surface area contributed by atoms with E-state index in [-0.39, 0.29) is 5.69 Å². The fourth-order valence-electron chi connectivity index (χ4n) is 4.74. The molecule has 2 heterocycles. The number of fused-ring (bicyclic) bond motifs is 1. The van der Waals surface area contributed by atoms with Gasteiger partial charge in [-0.2, -0.15) is 0 Å². The second-order valence-electron chi connectivity index (χ2n) is 8.73. The van der Waals surface area contributed by atoms with Gasteiger partial charge in [0.15, 0.2) is 17.6 Å². The summed E-state index contributed by atoms with van der Waals surface area (Å²) in [6, 6.07) is 19.8. The number of hydrogen-bond acceptors (Lipinski definition) is 6. The van der Waals surface area contributed by atoms with E-state index in [9.17, 15) is 14.0 Å². The fourth-order valence-corrected chi connectivity index (χ4v) is 4.74. The third-order valence-electron chi connectivity index (χ3n) is 6.50. The molecule has 5 rings (SSSR count). The zero-order chi connectivity index (χ0) is 25.2. The van der Waals surface area contributed by atoms with Gasteiger partial charge >= 0.3 is 0 Å². The molecule has 0 unspecified atom stereocenters. The Morgan fingerprint density at radius 2 is 1.69 bits per heavy atom. The number of methoxy groups -OCH3 is 1. The maximum Gasteiger partial charge on any atom is 0.266 e. The Labute approximate surface area is 208 Å². The zero-order valence-corrected chi connectivity index (χ0v) is 20.1. The first-order chi connectivity index (χ1) is 17.5. The molecule has 0 aliphatic carbocycles. The Bertz CT molecular complexity index is 1270. The van der Waals surface area contributed by atoms with Crippen LogP contribution in [0.4, 0.5) is 15.8 Å². The number of imide groups is 1. The Morgan fingerprint density at radius 3 is 2.42 bits per heavy atom. The summed E-state index contributed by atoms with van der Waals surface area (Å²) in [7, 11) is 1.55. The third-order valence-corrected chi connectivity index (χ3v) is 6.50. The van der Waals surface area contributed by atoms with Crippen LogP contribution in [0.1, 0.15) is 31.4 Å². The van der Waals surface area contributed by atoms with E-state index in [1.54, 1.807) is 30.4 Å². The molecule has 8 heteroatoms. The van der Waals surface area contributed by atoms with Gasteiger partial charge in [0.25, 0.3) is 5.91 Å². The van der Waals surface area contributed by atoms with Crippen molar-refractivity contribution in [3.63, 3.8) is 0 Å². The van der Waals surface area contributed by atoms with Crippen LogP contribution in [0, 0.1) is 11.7 Å². The van der Waals surface area contributed by atoms with Gasteiger partial charge in [0, 0.05) is 0 Å². The maximum atomic E-state index is 14.6. The molecule has 0 spiro atoms. The van der Waals surface area contributed by atoms with E-state index in [0.29, 0.717) is 29.4 Å². The molecule has 0 radical (unpaired) electrons. The van der Waals surface area contributed by atoms with Gasteiger partial charge in [-0.3, -0.25) is 14.4 Å². The number of amides is 2. The predicted molar refractivity (Wildman–Crippen MR) is 132 cm³/mol. The average Bonchev–Trinajstić information content (AvgIpc) is 3.41. The minimum atomic E-state index is -1.09.